The first-order chi connectivity index (χ1) is 10.7. The van der Waals surface area contributed by atoms with Crippen LogP contribution < -0.4 is 4.74 Å². The van der Waals surface area contributed by atoms with E-state index in [1.165, 1.54) is 5.57 Å². The summed E-state index contributed by atoms with van der Waals surface area (Å²) in [5.74, 6) is 1.36. The number of methoxy groups -OCH3 is 1. The molecule has 1 N–H and O–H groups in total. The first-order valence-electron chi connectivity index (χ1n) is 7.79. The van der Waals surface area contributed by atoms with Crippen LogP contribution in [0.1, 0.15) is 32.3 Å². The molecule has 0 unspecified atom stereocenters. The van der Waals surface area contributed by atoms with Gasteiger partial charge in [0.05, 0.1) is 26.9 Å². The van der Waals surface area contributed by atoms with Gasteiger partial charge in [0.15, 0.2) is 0 Å². The van der Waals surface area contributed by atoms with Gasteiger partial charge in [-0.25, -0.2) is 0 Å². The van der Waals surface area contributed by atoms with Crippen LogP contribution in [-0.4, -0.2) is 25.4 Å². The normalized spacial score (nSPS) is 13.5. The van der Waals surface area contributed by atoms with Crippen molar-refractivity contribution in [1.82, 2.24) is 0 Å². The van der Waals surface area contributed by atoms with Crippen molar-refractivity contribution in [2.45, 2.75) is 33.3 Å². The molecule has 0 bridgehead atoms. The summed E-state index contributed by atoms with van der Waals surface area (Å²) in [5.41, 5.74) is 2.41. The summed E-state index contributed by atoms with van der Waals surface area (Å²) in [4.78, 5) is 0. The van der Waals surface area contributed by atoms with Gasteiger partial charge >= 0.3 is 0 Å². The third-order valence-electron chi connectivity index (χ3n) is 3.44. The Morgan fingerprint density at radius 1 is 1.27 bits per heavy atom. The van der Waals surface area contributed by atoms with Gasteiger partial charge in [0.25, 0.3) is 0 Å². The highest BCUT2D eigenvalue weighted by molar-refractivity contribution is 5.26. The van der Waals surface area contributed by atoms with E-state index < -0.39 is 0 Å². The fourth-order valence-corrected chi connectivity index (χ4v) is 2.09. The van der Waals surface area contributed by atoms with E-state index in [1.54, 1.807) is 13.2 Å². The summed E-state index contributed by atoms with van der Waals surface area (Å²) in [5, 5.41) is 8.73. The fraction of sp³-hybridized carbons (Fsp3) is 0.474. The summed E-state index contributed by atoms with van der Waals surface area (Å²) in [6.07, 6.45) is 8.22. The summed E-state index contributed by atoms with van der Waals surface area (Å²) < 4.78 is 10.9. The van der Waals surface area contributed by atoms with E-state index in [9.17, 15) is 0 Å². The molecule has 3 heteroatoms. The second kappa shape index (κ2) is 11.0. The smallest absolute Gasteiger partial charge is 0.118 e. The molecule has 0 fully saturated rings. The molecule has 1 aromatic carbocycles. The molecule has 0 heterocycles. The van der Waals surface area contributed by atoms with Gasteiger partial charge in [0.2, 0.25) is 0 Å². The highest BCUT2D eigenvalue weighted by Crippen LogP contribution is 2.13. The average molecular weight is 304 g/mol. The molecule has 0 aliphatic carbocycles. The summed E-state index contributed by atoms with van der Waals surface area (Å²) >= 11 is 0. The predicted octanol–water partition coefficient (Wildman–Crippen LogP) is 4.12. The molecular weight excluding hydrogens is 276 g/mol. The highest BCUT2D eigenvalue weighted by atomic mass is 16.5. The van der Waals surface area contributed by atoms with Gasteiger partial charge in [-0.3, -0.25) is 0 Å². The van der Waals surface area contributed by atoms with Crippen molar-refractivity contribution in [1.29, 1.82) is 0 Å². The van der Waals surface area contributed by atoms with Crippen LogP contribution in [0.15, 0.2) is 48.1 Å². The van der Waals surface area contributed by atoms with Gasteiger partial charge in [-0.15, -0.1) is 0 Å². The van der Waals surface area contributed by atoms with Gasteiger partial charge in [-0.2, -0.15) is 0 Å². The van der Waals surface area contributed by atoms with Crippen molar-refractivity contribution >= 4 is 0 Å². The monoisotopic (exact) mass is 304 g/mol. The third kappa shape index (κ3) is 8.01. The largest absolute Gasteiger partial charge is 0.497 e. The predicted molar refractivity (Wildman–Crippen MR) is 91.0 cm³/mol. The Labute approximate surface area is 134 Å². The van der Waals surface area contributed by atoms with Crippen LogP contribution in [0.2, 0.25) is 0 Å². The van der Waals surface area contributed by atoms with Gasteiger partial charge in [0, 0.05) is 0 Å². The van der Waals surface area contributed by atoms with Crippen LogP contribution in [0, 0.1) is 5.92 Å². The molecule has 0 amide bonds. The molecule has 0 saturated heterocycles. The lowest BCUT2D eigenvalue weighted by atomic mass is 10.0. The zero-order valence-corrected chi connectivity index (χ0v) is 13.9. The molecule has 3 nitrogen and oxygen atoms in total. The minimum Gasteiger partial charge on any atom is -0.497 e. The van der Waals surface area contributed by atoms with Crippen LogP contribution in [0.25, 0.3) is 0 Å². The Kier molecular flexibility index (Phi) is 9.28. The van der Waals surface area contributed by atoms with Crippen LogP contribution >= 0.6 is 0 Å². The number of hydrogen-bond donors (Lipinski definition) is 1. The molecular formula is C19H28O3. The maximum atomic E-state index is 8.73. The van der Waals surface area contributed by atoms with Crippen molar-refractivity contribution in [3.63, 3.8) is 0 Å². The van der Waals surface area contributed by atoms with E-state index in [4.69, 9.17) is 14.6 Å². The molecule has 0 radical (unpaired) electrons. The SMILES string of the molecule is COc1ccc(COC/C(C)=C/CC[C@H](C)/C=C/CO)cc1. The highest BCUT2D eigenvalue weighted by Gasteiger charge is 1.98. The zero-order chi connectivity index (χ0) is 16.2. The van der Waals surface area contributed by atoms with E-state index in [1.807, 2.05) is 24.3 Å². The molecule has 1 aromatic rings. The first kappa shape index (κ1) is 18.5. The lowest BCUT2D eigenvalue weighted by Crippen LogP contribution is -1.97. The molecule has 0 saturated carbocycles. The standard InChI is InChI=1S/C19H28O3/c1-16(8-5-13-20)6-4-7-17(2)14-22-15-18-9-11-19(21-3)12-10-18/h5,7-12,16,20H,4,6,13-15H2,1-3H3/b8-5+,17-7+/t16-/m0/s1. The van der Waals surface area contributed by atoms with E-state index >= 15 is 0 Å². The molecule has 0 spiro atoms. The molecule has 122 valence electrons. The van der Waals surface area contributed by atoms with E-state index in [2.05, 4.69) is 26.0 Å². The molecule has 0 aromatic heterocycles. The summed E-state index contributed by atoms with van der Waals surface area (Å²) in [7, 11) is 1.67. The first-order valence-corrected chi connectivity index (χ1v) is 7.79. The lowest BCUT2D eigenvalue weighted by molar-refractivity contribution is 0.142. The number of aliphatic hydroxyl groups is 1. The number of allylic oxidation sites excluding steroid dienone is 2. The summed E-state index contributed by atoms with van der Waals surface area (Å²) in [6, 6.07) is 7.94. The number of hydrogen-bond acceptors (Lipinski definition) is 3. The zero-order valence-electron chi connectivity index (χ0n) is 13.9. The summed E-state index contributed by atoms with van der Waals surface area (Å²) in [6.45, 7) is 5.66. The molecule has 0 aliphatic heterocycles. The Morgan fingerprint density at radius 3 is 2.64 bits per heavy atom. The maximum Gasteiger partial charge on any atom is 0.118 e. The van der Waals surface area contributed by atoms with E-state index in [0.29, 0.717) is 19.1 Å². The lowest BCUT2D eigenvalue weighted by Gasteiger charge is -2.07. The van der Waals surface area contributed by atoms with Gasteiger partial charge in [0.1, 0.15) is 5.75 Å². The van der Waals surface area contributed by atoms with E-state index in [-0.39, 0.29) is 6.61 Å². The number of ether oxygens (including phenoxy) is 2. The topological polar surface area (TPSA) is 38.7 Å². The quantitative estimate of drug-likeness (QED) is 0.661. The van der Waals surface area contributed by atoms with Crippen molar-refractivity contribution in [3.05, 3.63) is 53.6 Å². The minimum atomic E-state index is 0.123. The number of aliphatic hydroxyl groups excluding tert-OH is 1. The Morgan fingerprint density at radius 2 is 2.00 bits per heavy atom. The van der Waals surface area contributed by atoms with Gasteiger partial charge < -0.3 is 14.6 Å². The van der Waals surface area contributed by atoms with Crippen LogP contribution in [0.4, 0.5) is 0 Å². The van der Waals surface area contributed by atoms with Gasteiger partial charge in [-0.05, 0) is 43.4 Å². The Balaban J connectivity index is 2.22. The van der Waals surface area contributed by atoms with Crippen LogP contribution in [0.3, 0.4) is 0 Å². The molecule has 22 heavy (non-hydrogen) atoms. The van der Waals surface area contributed by atoms with Crippen molar-refractivity contribution in [3.8, 4) is 5.75 Å². The molecule has 0 aliphatic rings. The molecule has 1 rings (SSSR count). The van der Waals surface area contributed by atoms with Crippen LogP contribution in [-0.2, 0) is 11.3 Å². The fourth-order valence-electron chi connectivity index (χ4n) is 2.09. The second-order valence-corrected chi connectivity index (χ2v) is 5.56. The maximum absolute atomic E-state index is 8.73. The second-order valence-electron chi connectivity index (χ2n) is 5.56. The average Bonchev–Trinajstić information content (AvgIpc) is 2.53. The van der Waals surface area contributed by atoms with Gasteiger partial charge in [-0.1, -0.05) is 42.9 Å². The minimum absolute atomic E-state index is 0.123. The third-order valence-corrected chi connectivity index (χ3v) is 3.44. The number of rotatable bonds is 10. The Hall–Kier alpha value is -1.58. The van der Waals surface area contributed by atoms with Crippen LogP contribution in [0.5, 0.6) is 5.75 Å². The van der Waals surface area contributed by atoms with Crippen molar-refractivity contribution in [2.75, 3.05) is 20.3 Å². The van der Waals surface area contributed by atoms with Crippen molar-refractivity contribution in [2.24, 2.45) is 5.92 Å². The number of benzene rings is 1. The van der Waals surface area contributed by atoms with E-state index in [0.717, 1.165) is 24.2 Å². The van der Waals surface area contributed by atoms with Crippen molar-refractivity contribution < 1.29 is 14.6 Å². The Bertz CT molecular complexity index is 460. The molecule has 1 atom stereocenters.